The topological polar surface area (TPSA) is 70.3 Å². The third kappa shape index (κ3) is 5.43. The lowest BCUT2D eigenvalue weighted by atomic mass is 9.74. The quantitative estimate of drug-likeness (QED) is 0.356. The average Bonchev–Trinajstić information content (AvgIpc) is 3.35. The molecule has 174 valence electrons. The number of carbonyl (C=O) groups excluding carboxylic acids is 1. The Labute approximate surface area is 205 Å². The third-order valence-corrected chi connectivity index (χ3v) is 6.30. The smallest absolute Gasteiger partial charge is 0.289 e. The summed E-state index contributed by atoms with van der Waals surface area (Å²) in [6.07, 6.45) is 3.25. The van der Waals surface area contributed by atoms with Gasteiger partial charge in [-0.2, -0.15) is 0 Å². The molecule has 2 aliphatic heterocycles. The molecule has 0 atom stereocenters. The minimum Gasteiger partial charge on any atom is -0.459 e. The Bertz CT molecular complexity index is 890. The summed E-state index contributed by atoms with van der Waals surface area (Å²) in [6, 6.07) is 10.2. The molecule has 1 amide bonds. The number of aliphatic imine (C=N–C) groups is 1. The SMILES string of the molecule is CN=C(NCC1(c2ccc(F)cc2)CCOCC1)N1CCN(C(=O)c2ccco2)CC1.I. The van der Waals surface area contributed by atoms with Crippen molar-refractivity contribution in [1.82, 2.24) is 15.1 Å². The molecule has 0 unspecified atom stereocenters. The first kappa shape index (κ1) is 24.5. The van der Waals surface area contributed by atoms with Gasteiger partial charge in [0, 0.05) is 58.4 Å². The van der Waals surface area contributed by atoms with Gasteiger partial charge in [-0.1, -0.05) is 12.1 Å². The van der Waals surface area contributed by atoms with Crippen LogP contribution in [0.3, 0.4) is 0 Å². The molecular weight excluding hydrogens is 526 g/mol. The number of hydrogen-bond donors (Lipinski definition) is 1. The first-order chi connectivity index (χ1) is 15.1. The molecule has 0 aliphatic carbocycles. The molecule has 0 saturated carbocycles. The lowest BCUT2D eigenvalue weighted by Crippen LogP contribution is -2.55. The van der Waals surface area contributed by atoms with Crippen LogP contribution in [0.25, 0.3) is 0 Å². The van der Waals surface area contributed by atoms with E-state index in [1.165, 1.54) is 18.4 Å². The van der Waals surface area contributed by atoms with Crippen LogP contribution < -0.4 is 5.32 Å². The van der Waals surface area contributed by atoms with Gasteiger partial charge in [0.2, 0.25) is 0 Å². The molecule has 2 saturated heterocycles. The Morgan fingerprint density at radius 3 is 2.34 bits per heavy atom. The van der Waals surface area contributed by atoms with Crippen LogP contribution in [0.5, 0.6) is 0 Å². The van der Waals surface area contributed by atoms with Gasteiger partial charge in [-0.15, -0.1) is 24.0 Å². The highest BCUT2D eigenvalue weighted by atomic mass is 127. The summed E-state index contributed by atoms with van der Waals surface area (Å²) < 4.78 is 24.3. The summed E-state index contributed by atoms with van der Waals surface area (Å²) in [5.41, 5.74) is 0.993. The summed E-state index contributed by atoms with van der Waals surface area (Å²) >= 11 is 0. The molecule has 32 heavy (non-hydrogen) atoms. The van der Waals surface area contributed by atoms with Gasteiger partial charge in [0.05, 0.1) is 6.26 Å². The van der Waals surface area contributed by atoms with Crippen LogP contribution in [0, 0.1) is 5.82 Å². The van der Waals surface area contributed by atoms with E-state index in [1.54, 1.807) is 24.1 Å². The van der Waals surface area contributed by atoms with Gasteiger partial charge >= 0.3 is 0 Å². The van der Waals surface area contributed by atoms with E-state index in [9.17, 15) is 9.18 Å². The van der Waals surface area contributed by atoms with Crippen LogP contribution in [0.1, 0.15) is 29.0 Å². The van der Waals surface area contributed by atoms with Gasteiger partial charge in [0.15, 0.2) is 11.7 Å². The molecule has 2 aliphatic rings. The number of nitrogens with one attached hydrogen (secondary N) is 1. The maximum atomic E-state index is 13.5. The van der Waals surface area contributed by atoms with E-state index in [1.807, 2.05) is 12.1 Å². The number of carbonyl (C=O) groups is 1. The summed E-state index contributed by atoms with van der Waals surface area (Å²) in [5.74, 6) is 0.886. The molecule has 2 fully saturated rings. The van der Waals surface area contributed by atoms with E-state index < -0.39 is 0 Å². The van der Waals surface area contributed by atoms with E-state index in [0.29, 0.717) is 51.7 Å². The number of benzene rings is 1. The van der Waals surface area contributed by atoms with E-state index in [4.69, 9.17) is 9.15 Å². The standard InChI is InChI=1S/C23H29FN4O3.HI/c1-25-22(28-12-10-27(11-13-28)21(29)20-3-2-14-31-20)26-17-23(8-15-30-16-9-23)18-4-6-19(24)7-5-18;/h2-7,14H,8-13,15-17H2,1H3,(H,25,26);1H. The number of hydrogen-bond acceptors (Lipinski definition) is 4. The maximum absolute atomic E-state index is 13.5. The average molecular weight is 556 g/mol. The molecule has 1 N–H and O–H groups in total. The van der Waals surface area contributed by atoms with Crippen LogP contribution in [-0.4, -0.2) is 74.7 Å². The second kappa shape index (κ2) is 11.1. The van der Waals surface area contributed by atoms with Crippen molar-refractivity contribution in [3.63, 3.8) is 0 Å². The van der Waals surface area contributed by atoms with Gasteiger partial charge in [0.1, 0.15) is 5.82 Å². The molecule has 1 aromatic heterocycles. The van der Waals surface area contributed by atoms with Gasteiger partial charge in [-0.3, -0.25) is 9.79 Å². The number of halogens is 2. The fourth-order valence-electron chi connectivity index (χ4n) is 4.39. The van der Waals surface area contributed by atoms with Crippen molar-refractivity contribution >= 4 is 35.8 Å². The van der Waals surface area contributed by atoms with E-state index in [0.717, 1.165) is 24.4 Å². The number of furan rings is 1. The molecule has 0 spiro atoms. The molecule has 2 aromatic rings. The molecular formula is C23H30FIN4O3. The van der Waals surface area contributed by atoms with Crippen LogP contribution in [0.15, 0.2) is 52.1 Å². The van der Waals surface area contributed by atoms with Gasteiger partial charge < -0.3 is 24.3 Å². The molecule has 9 heteroatoms. The van der Waals surface area contributed by atoms with E-state index in [-0.39, 0.29) is 41.1 Å². The fraction of sp³-hybridized carbons (Fsp3) is 0.478. The zero-order valence-corrected chi connectivity index (χ0v) is 20.6. The lowest BCUT2D eigenvalue weighted by molar-refractivity contribution is 0.0509. The molecule has 7 nitrogen and oxygen atoms in total. The summed E-state index contributed by atoms with van der Waals surface area (Å²) in [5, 5.41) is 3.54. The Hall–Kier alpha value is -2.14. The number of rotatable bonds is 4. The monoisotopic (exact) mass is 556 g/mol. The van der Waals surface area contributed by atoms with Crippen molar-refractivity contribution in [2.75, 3.05) is 53.0 Å². The second-order valence-corrected chi connectivity index (χ2v) is 8.06. The lowest BCUT2D eigenvalue weighted by Gasteiger charge is -2.40. The number of guanidine groups is 1. The number of ether oxygens (including phenoxy) is 1. The Kier molecular flexibility index (Phi) is 8.52. The predicted molar refractivity (Wildman–Crippen MR) is 131 cm³/mol. The molecule has 4 rings (SSSR count). The summed E-state index contributed by atoms with van der Waals surface area (Å²) in [6.45, 7) is 4.67. The van der Waals surface area contributed by atoms with E-state index >= 15 is 0 Å². The van der Waals surface area contributed by atoms with Crippen LogP contribution >= 0.6 is 24.0 Å². The zero-order chi connectivity index (χ0) is 21.7. The van der Waals surface area contributed by atoms with Crippen molar-refractivity contribution in [3.05, 3.63) is 59.8 Å². The van der Waals surface area contributed by atoms with Gasteiger partial charge in [-0.05, 0) is 42.7 Å². The fourth-order valence-corrected chi connectivity index (χ4v) is 4.39. The van der Waals surface area contributed by atoms with Crippen LogP contribution in [-0.2, 0) is 10.2 Å². The van der Waals surface area contributed by atoms with Crippen molar-refractivity contribution in [1.29, 1.82) is 0 Å². The summed E-state index contributed by atoms with van der Waals surface area (Å²) in [4.78, 5) is 20.9. The van der Waals surface area contributed by atoms with Crippen molar-refractivity contribution in [3.8, 4) is 0 Å². The Morgan fingerprint density at radius 2 is 1.75 bits per heavy atom. The summed E-state index contributed by atoms with van der Waals surface area (Å²) in [7, 11) is 1.78. The van der Waals surface area contributed by atoms with Crippen molar-refractivity contribution in [2.24, 2.45) is 4.99 Å². The number of nitrogens with zero attached hydrogens (tertiary/aromatic N) is 3. The molecule has 0 radical (unpaired) electrons. The van der Waals surface area contributed by atoms with Crippen molar-refractivity contribution < 1.29 is 18.3 Å². The van der Waals surface area contributed by atoms with Crippen LogP contribution in [0.2, 0.25) is 0 Å². The normalized spacial score (nSPS) is 18.8. The van der Waals surface area contributed by atoms with Gasteiger partial charge in [-0.25, -0.2) is 4.39 Å². The highest BCUT2D eigenvalue weighted by Crippen LogP contribution is 2.34. The third-order valence-electron chi connectivity index (χ3n) is 6.30. The largest absolute Gasteiger partial charge is 0.459 e. The van der Waals surface area contributed by atoms with Crippen LogP contribution in [0.4, 0.5) is 4.39 Å². The van der Waals surface area contributed by atoms with Crippen molar-refractivity contribution in [2.45, 2.75) is 18.3 Å². The molecule has 0 bridgehead atoms. The van der Waals surface area contributed by atoms with E-state index in [2.05, 4.69) is 15.2 Å². The minimum atomic E-state index is -0.225. The predicted octanol–water partition coefficient (Wildman–Crippen LogP) is 3.12. The zero-order valence-electron chi connectivity index (χ0n) is 18.3. The number of amides is 1. The Balaban J connectivity index is 0.00000289. The maximum Gasteiger partial charge on any atom is 0.289 e. The number of piperazine rings is 1. The molecule has 3 heterocycles. The first-order valence-corrected chi connectivity index (χ1v) is 10.7. The highest BCUT2D eigenvalue weighted by Gasteiger charge is 2.35. The van der Waals surface area contributed by atoms with Gasteiger partial charge in [0.25, 0.3) is 5.91 Å². The Morgan fingerprint density at radius 1 is 1.09 bits per heavy atom. The molecule has 1 aromatic carbocycles. The first-order valence-electron chi connectivity index (χ1n) is 10.7. The highest BCUT2D eigenvalue weighted by molar-refractivity contribution is 14.0. The minimum absolute atomic E-state index is 0. The second-order valence-electron chi connectivity index (χ2n) is 8.06.